The van der Waals surface area contributed by atoms with Gasteiger partial charge in [0.1, 0.15) is 0 Å². The fourth-order valence-electron chi connectivity index (χ4n) is 0.833. The molecule has 0 amide bonds. The zero-order valence-electron chi connectivity index (χ0n) is 7.72. The van der Waals surface area contributed by atoms with Crippen molar-refractivity contribution >= 4 is 6.91 Å². The second-order valence-corrected chi connectivity index (χ2v) is 2.63. The van der Waals surface area contributed by atoms with Crippen LogP contribution in [0.2, 0.25) is 0 Å². The van der Waals surface area contributed by atoms with Crippen LogP contribution in [-0.2, 0) is 0 Å². The van der Waals surface area contributed by atoms with Crippen molar-refractivity contribution in [2.45, 2.75) is 6.92 Å². The molecule has 0 aromatic carbocycles. The first kappa shape index (κ1) is 9.65. The minimum absolute atomic E-state index is 1.07. The SMILES string of the molecule is Cc1ccccn1.b1ccccc1. The van der Waals surface area contributed by atoms with Gasteiger partial charge in [0.05, 0.1) is 0 Å². The Morgan fingerprint density at radius 1 is 1.00 bits per heavy atom. The van der Waals surface area contributed by atoms with Crippen LogP contribution >= 0.6 is 0 Å². The number of pyridine rings is 1. The van der Waals surface area contributed by atoms with E-state index in [-0.39, 0.29) is 0 Å². The van der Waals surface area contributed by atoms with Crippen LogP contribution in [-0.4, -0.2) is 11.9 Å². The quantitative estimate of drug-likeness (QED) is 0.590. The molecule has 0 aliphatic rings. The fourth-order valence-corrected chi connectivity index (χ4v) is 0.833. The first-order chi connectivity index (χ1) is 6.39. The summed E-state index contributed by atoms with van der Waals surface area (Å²) in [7, 11) is 0. The van der Waals surface area contributed by atoms with E-state index in [1.54, 1.807) is 6.20 Å². The van der Waals surface area contributed by atoms with Crippen molar-refractivity contribution < 1.29 is 0 Å². The summed E-state index contributed by atoms with van der Waals surface area (Å²) in [6, 6.07) is 11.9. The first-order valence-corrected chi connectivity index (χ1v) is 4.27. The van der Waals surface area contributed by atoms with E-state index >= 15 is 0 Å². The van der Waals surface area contributed by atoms with E-state index in [2.05, 4.69) is 4.98 Å². The maximum atomic E-state index is 3.98. The molecule has 0 N–H and O–H groups in total. The molecule has 64 valence electrons. The Morgan fingerprint density at radius 2 is 1.77 bits per heavy atom. The Morgan fingerprint density at radius 3 is 2.00 bits per heavy atom. The van der Waals surface area contributed by atoms with Gasteiger partial charge in [0.15, 0.2) is 0 Å². The topological polar surface area (TPSA) is 12.9 Å². The van der Waals surface area contributed by atoms with E-state index in [1.807, 2.05) is 62.2 Å². The van der Waals surface area contributed by atoms with E-state index in [9.17, 15) is 0 Å². The van der Waals surface area contributed by atoms with Crippen LogP contribution in [0.1, 0.15) is 5.69 Å². The normalized spacial score (nSPS) is 8.08. The third-order valence-corrected chi connectivity index (χ3v) is 1.48. The number of aromatic nitrogens is 1. The summed E-state index contributed by atoms with van der Waals surface area (Å²) in [5.41, 5.74) is 1.07. The van der Waals surface area contributed by atoms with Gasteiger partial charge in [-0.25, -0.2) is 0 Å². The molecule has 0 aliphatic carbocycles. The predicted octanol–water partition coefficient (Wildman–Crippen LogP) is 2.41. The van der Waals surface area contributed by atoms with Gasteiger partial charge < -0.3 is 0 Å². The van der Waals surface area contributed by atoms with Gasteiger partial charge >= 0.3 is 37.0 Å². The minimum atomic E-state index is 1.07. The molecule has 0 aliphatic heterocycles. The number of hydrogen-bond acceptors (Lipinski definition) is 1. The van der Waals surface area contributed by atoms with Crippen LogP contribution in [0.5, 0.6) is 0 Å². The Balaban J connectivity index is 0.000000132. The van der Waals surface area contributed by atoms with Gasteiger partial charge in [0, 0.05) is 11.9 Å². The predicted molar refractivity (Wildman–Crippen MR) is 56.8 cm³/mol. The maximum absolute atomic E-state index is 3.98. The third kappa shape index (κ3) is 4.91. The van der Waals surface area contributed by atoms with Crippen LogP contribution in [0.25, 0.3) is 0 Å². The molecule has 0 atom stereocenters. The van der Waals surface area contributed by atoms with Crippen LogP contribution in [0.15, 0.2) is 54.5 Å². The van der Waals surface area contributed by atoms with Crippen molar-refractivity contribution in [1.29, 1.82) is 0 Å². The van der Waals surface area contributed by atoms with Crippen molar-refractivity contribution in [3.8, 4) is 0 Å². The molecule has 2 aromatic heterocycles. The summed E-state index contributed by atoms with van der Waals surface area (Å²) in [6.07, 6.45) is 1.79. The number of rotatable bonds is 0. The molecule has 0 saturated carbocycles. The molecular formula is C11H12BN. The van der Waals surface area contributed by atoms with Crippen LogP contribution in [0, 0.1) is 6.92 Å². The average molecular weight is 169 g/mol. The van der Waals surface area contributed by atoms with Gasteiger partial charge in [-0.15, -0.1) is 0 Å². The summed E-state index contributed by atoms with van der Waals surface area (Å²) in [5.74, 6) is 4.00. The van der Waals surface area contributed by atoms with Crippen LogP contribution in [0.3, 0.4) is 0 Å². The van der Waals surface area contributed by atoms with Gasteiger partial charge in [-0.2, -0.15) is 0 Å². The molecule has 0 bridgehead atoms. The standard InChI is InChI=1S/C6H7N.C5H5B/c1-6-4-2-3-5-7-6;1-2-4-6-5-3-1/h2-5H,1H3;1-5H. The molecule has 13 heavy (non-hydrogen) atoms. The average Bonchev–Trinajstić information content (AvgIpc) is 2.22. The summed E-state index contributed by atoms with van der Waals surface area (Å²) in [6.45, 7) is 3.97. The fraction of sp³-hybridized carbons (Fsp3) is 0.0909. The van der Waals surface area contributed by atoms with Crippen LogP contribution in [0.4, 0.5) is 0 Å². The van der Waals surface area contributed by atoms with Gasteiger partial charge in [-0.3, -0.25) is 4.98 Å². The summed E-state index contributed by atoms with van der Waals surface area (Å²) in [5, 5.41) is 0. The molecule has 0 fully saturated rings. The van der Waals surface area contributed by atoms with Crippen LogP contribution < -0.4 is 0 Å². The van der Waals surface area contributed by atoms with Crippen molar-refractivity contribution in [3.63, 3.8) is 0 Å². The third-order valence-electron chi connectivity index (χ3n) is 1.48. The Labute approximate surface area is 79.7 Å². The molecular weight excluding hydrogens is 157 g/mol. The second kappa shape index (κ2) is 6.12. The number of nitrogens with zero attached hydrogens (tertiary/aromatic N) is 1. The van der Waals surface area contributed by atoms with Crippen molar-refractivity contribution in [2.75, 3.05) is 0 Å². The Kier molecular flexibility index (Phi) is 4.55. The molecule has 2 aromatic rings. The van der Waals surface area contributed by atoms with E-state index in [1.165, 1.54) is 0 Å². The summed E-state index contributed by atoms with van der Waals surface area (Å²) < 4.78 is 0. The van der Waals surface area contributed by atoms with Gasteiger partial charge in [0.2, 0.25) is 0 Å². The van der Waals surface area contributed by atoms with E-state index in [0.717, 1.165) is 5.69 Å². The first-order valence-electron chi connectivity index (χ1n) is 4.27. The molecule has 0 spiro atoms. The van der Waals surface area contributed by atoms with E-state index in [0.29, 0.717) is 0 Å². The molecule has 2 rings (SSSR count). The molecule has 2 heteroatoms. The molecule has 0 radical (unpaired) electrons. The molecule has 0 saturated heterocycles. The van der Waals surface area contributed by atoms with Crippen molar-refractivity contribution in [3.05, 3.63) is 60.2 Å². The molecule has 2 heterocycles. The second-order valence-electron chi connectivity index (χ2n) is 2.63. The molecule has 1 nitrogen and oxygen atoms in total. The zero-order chi connectivity index (χ0) is 9.36. The summed E-state index contributed by atoms with van der Waals surface area (Å²) in [4.78, 5) is 3.98. The monoisotopic (exact) mass is 169 g/mol. The van der Waals surface area contributed by atoms with Gasteiger partial charge in [-0.05, 0) is 19.1 Å². The Bertz CT molecular complexity index is 281. The van der Waals surface area contributed by atoms with Gasteiger partial charge in [0.25, 0.3) is 0 Å². The van der Waals surface area contributed by atoms with Crippen molar-refractivity contribution in [2.24, 2.45) is 0 Å². The zero-order valence-corrected chi connectivity index (χ0v) is 7.72. The van der Waals surface area contributed by atoms with E-state index in [4.69, 9.17) is 0 Å². The summed E-state index contributed by atoms with van der Waals surface area (Å²) >= 11 is 0. The number of hydrogen-bond donors (Lipinski definition) is 0. The Hall–Kier alpha value is -1.44. The van der Waals surface area contributed by atoms with Crippen molar-refractivity contribution in [1.82, 2.24) is 4.98 Å². The number of aryl methyl sites for hydroxylation is 1. The molecule has 0 unspecified atom stereocenters. The van der Waals surface area contributed by atoms with Gasteiger partial charge in [-0.1, -0.05) is 6.07 Å². The van der Waals surface area contributed by atoms with E-state index < -0.39 is 0 Å².